The molecule has 0 saturated carbocycles. The molecule has 2 aliphatic rings. The van der Waals surface area contributed by atoms with Crippen LogP contribution in [0, 0.1) is 0 Å². The molecule has 34 heavy (non-hydrogen) atoms. The second kappa shape index (κ2) is 11.1. The van der Waals surface area contributed by atoms with Gasteiger partial charge in [0.15, 0.2) is 0 Å². The number of carbonyl (C=O) groups excluding carboxylic acids is 3. The molecule has 0 saturated heterocycles. The maximum absolute atomic E-state index is 13.3. The molecule has 2 unspecified atom stereocenters. The van der Waals surface area contributed by atoms with Crippen LogP contribution in [-0.2, 0) is 18.9 Å². The van der Waals surface area contributed by atoms with E-state index in [1.54, 1.807) is 6.08 Å². The van der Waals surface area contributed by atoms with Crippen molar-refractivity contribution in [1.82, 2.24) is 24.7 Å². The van der Waals surface area contributed by atoms with Crippen LogP contribution in [0.25, 0.3) is 0 Å². The van der Waals surface area contributed by atoms with Gasteiger partial charge in [0.25, 0.3) is 11.8 Å². The summed E-state index contributed by atoms with van der Waals surface area (Å²) in [6.45, 7) is 0.754. The molecule has 5 N–H and O–H groups in total. The standard InChI is InChI=1S/C19H25N6O8P/c26-14-2-1-11-23(14)12-9-21-34(32,22-10-13-24-15(27)3-4-16(24)28)20-8-7-19(31)33-25-17(29)5-6-18(25)30/h1-6,8,19,29-31H,7,9-13H2,(H2,21,22,32). The van der Waals surface area contributed by atoms with Gasteiger partial charge in [-0.15, -0.1) is 4.73 Å². The van der Waals surface area contributed by atoms with Gasteiger partial charge in [-0.1, -0.05) is 6.08 Å². The second-order valence-electron chi connectivity index (χ2n) is 7.18. The molecule has 3 heterocycles. The summed E-state index contributed by atoms with van der Waals surface area (Å²) in [5.74, 6) is -1.99. The zero-order valence-electron chi connectivity index (χ0n) is 18.0. The first-order valence-corrected chi connectivity index (χ1v) is 11.9. The molecule has 1 aromatic heterocycles. The molecule has 15 heteroatoms. The molecule has 0 aliphatic carbocycles. The Labute approximate surface area is 194 Å². The van der Waals surface area contributed by atoms with Crippen LogP contribution in [0.2, 0.25) is 0 Å². The fraction of sp³-hybridized carbons (Fsp3) is 0.368. The van der Waals surface area contributed by atoms with E-state index in [-0.39, 0.29) is 38.5 Å². The smallest absolute Gasteiger partial charge is 0.323 e. The summed E-state index contributed by atoms with van der Waals surface area (Å²) in [5, 5.41) is 34.5. The van der Waals surface area contributed by atoms with Crippen molar-refractivity contribution in [2.45, 2.75) is 12.7 Å². The molecule has 2 aliphatic heterocycles. The molecule has 184 valence electrons. The second-order valence-corrected chi connectivity index (χ2v) is 9.19. The summed E-state index contributed by atoms with van der Waals surface area (Å²) >= 11 is 0. The third kappa shape index (κ3) is 6.54. The highest BCUT2D eigenvalue weighted by Gasteiger charge is 2.25. The number of aliphatic hydroxyl groups is 1. The van der Waals surface area contributed by atoms with Crippen LogP contribution in [0.15, 0.2) is 41.2 Å². The van der Waals surface area contributed by atoms with Gasteiger partial charge >= 0.3 is 7.59 Å². The maximum Gasteiger partial charge on any atom is 0.323 e. The normalized spacial score (nSPS) is 18.4. The number of nitrogens with zero attached hydrogens (tertiary/aromatic N) is 4. The molecule has 0 bridgehead atoms. The van der Waals surface area contributed by atoms with Crippen LogP contribution in [0.5, 0.6) is 11.8 Å². The van der Waals surface area contributed by atoms with Crippen molar-refractivity contribution in [3.05, 3.63) is 36.4 Å². The number of hydrogen-bond acceptors (Lipinski definition) is 8. The van der Waals surface area contributed by atoms with E-state index in [1.807, 2.05) is 0 Å². The minimum absolute atomic E-state index is 0.0326. The van der Waals surface area contributed by atoms with Crippen molar-refractivity contribution in [2.75, 3.05) is 32.7 Å². The first kappa shape index (κ1) is 25.2. The molecule has 0 aromatic carbocycles. The van der Waals surface area contributed by atoms with Gasteiger partial charge in [-0.25, -0.2) is 14.9 Å². The van der Waals surface area contributed by atoms with Crippen LogP contribution in [0.4, 0.5) is 0 Å². The number of aliphatic hydroxyl groups excluding tert-OH is 1. The topological polar surface area (TPSA) is 186 Å². The minimum atomic E-state index is -3.67. The van der Waals surface area contributed by atoms with Gasteiger partial charge in [-0.05, 0) is 0 Å². The Kier molecular flexibility index (Phi) is 8.23. The quantitative estimate of drug-likeness (QED) is 0.0953. The summed E-state index contributed by atoms with van der Waals surface area (Å²) in [6.07, 6.45) is 4.75. The maximum atomic E-state index is 13.3. The Balaban J connectivity index is 1.56. The van der Waals surface area contributed by atoms with E-state index in [4.69, 9.17) is 4.84 Å². The Morgan fingerprint density at radius 1 is 1.03 bits per heavy atom. The highest BCUT2D eigenvalue weighted by atomic mass is 31.2. The Morgan fingerprint density at radius 3 is 2.24 bits per heavy atom. The number of amides is 3. The molecule has 0 spiro atoms. The number of imide groups is 1. The summed E-state index contributed by atoms with van der Waals surface area (Å²) in [7, 11) is -3.67. The Hall–Kier alpha value is -3.45. The molecule has 1 aromatic rings. The lowest BCUT2D eigenvalue weighted by Crippen LogP contribution is -2.38. The summed E-state index contributed by atoms with van der Waals surface area (Å²) < 4.78 is 17.8. The number of carbonyl (C=O) groups is 3. The monoisotopic (exact) mass is 496 g/mol. The van der Waals surface area contributed by atoms with Gasteiger partial charge in [0, 0.05) is 75.7 Å². The fourth-order valence-electron chi connectivity index (χ4n) is 3.04. The highest BCUT2D eigenvalue weighted by Crippen LogP contribution is 2.36. The van der Waals surface area contributed by atoms with Crippen LogP contribution in [0.1, 0.15) is 6.42 Å². The number of aromatic nitrogens is 1. The van der Waals surface area contributed by atoms with Crippen LogP contribution in [0.3, 0.4) is 0 Å². The van der Waals surface area contributed by atoms with Crippen LogP contribution >= 0.6 is 7.59 Å². The third-order valence-corrected chi connectivity index (χ3v) is 6.54. The third-order valence-electron chi connectivity index (χ3n) is 4.74. The number of aromatic hydroxyl groups is 2. The van der Waals surface area contributed by atoms with Crippen molar-refractivity contribution in [2.24, 2.45) is 4.76 Å². The van der Waals surface area contributed by atoms with Crippen LogP contribution < -0.4 is 15.0 Å². The number of hydrogen-bond donors (Lipinski definition) is 5. The van der Waals surface area contributed by atoms with E-state index >= 15 is 0 Å². The van der Waals surface area contributed by atoms with Gasteiger partial charge < -0.3 is 25.1 Å². The molecular formula is C19H25N6O8P. The number of nitrogens with one attached hydrogen (secondary N) is 2. The highest BCUT2D eigenvalue weighted by molar-refractivity contribution is 7.58. The van der Waals surface area contributed by atoms with Gasteiger partial charge in [0.1, 0.15) is 0 Å². The van der Waals surface area contributed by atoms with Crippen molar-refractivity contribution >= 4 is 31.5 Å². The predicted molar refractivity (Wildman–Crippen MR) is 119 cm³/mol. The largest absolute Gasteiger partial charge is 0.492 e. The molecule has 14 nitrogen and oxygen atoms in total. The van der Waals surface area contributed by atoms with Crippen molar-refractivity contribution < 1.29 is 39.1 Å². The summed E-state index contributed by atoms with van der Waals surface area (Å²) in [4.78, 5) is 42.5. The summed E-state index contributed by atoms with van der Waals surface area (Å²) in [5.41, 5.74) is 0. The van der Waals surface area contributed by atoms with Gasteiger partial charge in [-0.3, -0.25) is 23.8 Å². The lowest BCUT2D eigenvalue weighted by atomic mass is 10.5. The van der Waals surface area contributed by atoms with E-state index in [9.17, 15) is 34.3 Å². The fourth-order valence-corrected chi connectivity index (χ4v) is 4.45. The van der Waals surface area contributed by atoms with Crippen LogP contribution in [-0.4, -0.2) is 92.8 Å². The lowest BCUT2D eigenvalue weighted by Gasteiger charge is -2.21. The minimum Gasteiger partial charge on any atom is -0.492 e. The first-order valence-electron chi connectivity index (χ1n) is 10.3. The van der Waals surface area contributed by atoms with Gasteiger partial charge in [0.05, 0.1) is 0 Å². The molecule has 3 amide bonds. The van der Waals surface area contributed by atoms with E-state index in [2.05, 4.69) is 14.9 Å². The summed E-state index contributed by atoms with van der Waals surface area (Å²) in [6, 6.07) is 2.31. The first-order chi connectivity index (χ1) is 16.2. The molecule has 3 rings (SSSR count). The van der Waals surface area contributed by atoms with E-state index in [1.165, 1.54) is 11.0 Å². The Bertz CT molecular complexity index is 1030. The predicted octanol–water partition coefficient (Wildman–Crippen LogP) is -1.28. The van der Waals surface area contributed by atoms with E-state index in [0.29, 0.717) is 11.3 Å². The zero-order chi connectivity index (χ0) is 24.7. The van der Waals surface area contributed by atoms with Gasteiger partial charge in [0.2, 0.25) is 24.0 Å². The Morgan fingerprint density at radius 2 is 1.65 bits per heavy atom. The molecule has 0 fully saturated rings. The van der Waals surface area contributed by atoms with E-state index < -0.39 is 37.5 Å². The molecule has 0 radical (unpaired) electrons. The van der Waals surface area contributed by atoms with Gasteiger partial charge in [-0.2, -0.15) is 0 Å². The number of rotatable bonds is 13. The molecule has 2 atom stereocenters. The van der Waals surface area contributed by atoms with Crippen molar-refractivity contribution in [3.8, 4) is 11.8 Å². The van der Waals surface area contributed by atoms with Crippen molar-refractivity contribution in [3.63, 3.8) is 0 Å². The SMILES string of the molecule is O=C1C=CCN1CCNP(=O)(N=CCC(O)On1c(O)ccc1O)NCCN1C(=O)C=CC1=O. The zero-order valence-corrected chi connectivity index (χ0v) is 18.9. The molecular weight excluding hydrogens is 471 g/mol. The lowest BCUT2D eigenvalue weighted by molar-refractivity contribution is -0.136. The van der Waals surface area contributed by atoms with E-state index in [0.717, 1.165) is 35.4 Å². The van der Waals surface area contributed by atoms with Crippen molar-refractivity contribution in [1.29, 1.82) is 0 Å². The average molecular weight is 496 g/mol. The average Bonchev–Trinajstić information content (AvgIpc) is 3.44.